The topological polar surface area (TPSA) is 9.23 Å². The quantitative estimate of drug-likeness (QED) is 0.731. The first kappa shape index (κ1) is 8.94. The van der Waals surface area contributed by atoms with E-state index in [1.807, 2.05) is 0 Å². The minimum absolute atomic E-state index is 0.143. The number of hydrogen-bond acceptors (Lipinski definition) is 1. The van der Waals surface area contributed by atoms with E-state index in [0.29, 0.717) is 0 Å². The molecule has 0 saturated heterocycles. The monoisotopic (exact) mass is 248 g/mol. The molecule has 0 N–H and O–H groups in total. The van der Waals surface area contributed by atoms with Gasteiger partial charge in [0.15, 0.2) is 0 Å². The van der Waals surface area contributed by atoms with Crippen molar-refractivity contribution in [2.45, 2.75) is 18.9 Å². The summed E-state index contributed by atoms with van der Waals surface area (Å²) in [5, 5.41) is 0. The van der Waals surface area contributed by atoms with Gasteiger partial charge >= 0.3 is 0 Å². The summed E-state index contributed by atoms with van der Waals surface area (Å²) in [6.45, 7) is 0. The smallest absolute Gasteiger partial charge is 0.144 e. The Labute approximate surface area is 82.8 Å². The summed E-state index contributed by atoms with van der Waals surface area (Å²) in [5.41, 5.74) is 0. The van der Waals surface area contributed by atoms with Crippen molar-refractivity contribution in [3.63, 3.8) is 0 Å². The van der Waals surface area contributed by atoms with E-state index in [2.05, 4.69) is 15.9 Å². The van der Waals surface area contributed by atoms with Crippen molar-refractivity contribution in [2.75, 3.05) is 0 Å². The van der Waals surface area contributed by atoms with E-state index in [1.165, 1.54) is 12.1 Å². The molecule has 0 amide bonds. The van der Waals surface area contributed by atoms with Crippen molar-refractivity contribution < 1.29 is 13.5 Å². The Morgan fingerprint density at radius 3 is 2.23 bits per heavy atom. The molecule has 2 rings (SSSR count). The molecule has 0 spiro atoms. The van der Waals surface area contributed by atoms with E-state index < -0.39 is 11.6 Å². The van der Waals surface area contributed by atoms with Gasteiger partial charge in [0.1, 0.15) is 17.4 Å². The van der Waals surface area contributed by atoms with Crippen molar-refractivity contribution in [3.8, 4) is 5.75 Å². The van der Waals surface area contributed by atoms with Crippen LogP contribution in [0.1, 0.15) is 12.8 Å². The minimum atomic E-state index is -0.629. The zero-order valence-electron chi connectivity index (χ0n) is 6.69. The highest BCUT2D eigenvalue weighted by Crippen LogP contribution is 2.30. The zero-order chi connectivity index (χ0) is 9.42. The highest BCUT2D eigenvalue weighted by molar-refractivity contribution is 9.10. The van der Waals surface area contributed by atoms with Crippen molar-refractivity contribution in [2.24, 2.45) is 0 Å². The van der Waals surface area contributed by atoms with Gasteiger partial charge in [-0.3, -0.25) is 0 Å². The van der Waals surface area contributed by atoms with Gasteiger partial charge in [-0.05, 0) is 28.8 Å². The molecule has 1 fully saturated rings. The average Bonchev–Trinajstić information content (AvgIpc) is 2.84. The zero-order valence-corrected chi connectivity index (χ0v) is 8.27. The number of rotatable bonds is 2. The van der Waals surface area contributed by atoms with Gasteiger partial charge in [0.25, 0.3) is 0 Å². The fourth-order valence-corrected chi connectivity index (χ4v) is 1.21. The third-order valence-corrected chi connectivity index (χ3v) is 2.54. The predicted octanol–water partition coefficient (Wildman–Crippen LogP) is 3.27. The molecule has 0 unspecified atom stereocenters. The fourth-order valence-electron chi connectivity index (χ4n) is 0.979. The molecule has 1 aromatic rings. The first-order valence-electron chi connectivity index (χ1n) is 3.98. The van der Waals surface area contributed by atoms with Crippen LogP contribution in [-0.2, 0) is 0 Å². The van der Waals surface area contributed by atoms with Gasteiger partial charge < -0.3 is 4.74 Å². The Morgan fingerprint density at radius 2 is 1.77 bits per heavy atom. The van der Waals surface area contributed by atoms with Crippen LogP contribution in [-0.4, -0.2) is 6.10 Å². The highest BCUT2D eigenvalue weighted by atomic mass is 79.9. The van der Waals surface area contributed by atoms with Crippen LogP contribution in [0.25, 0.3) is 0 Å². The Hall–Kier alpha value is -0.640. The van der Waals surface area contributed by atoms with Crippen LogP contribution in [0.4, 0.5) is 8.78 Å². The standard InChI is InChI=1S/C9H7BrF2O/c10-9-7(11)3-6(4-8(9)12)13-5-1-2-5/h3-5H,1-2H2. The minimum Gasteiger partial charge on any atom is -0.490 e. The molecule has 4 heteroatoms. The maximum atomic E-state index is 12.9. The second-order valence-electron chi connectivity index (χ2n) is 3.02. The average molecular weight is 249 g/mol. The molecule has 1 aliphatic carbocycles. The van der Waals surface area contributed by atoms with E-state index in [4.69, 9.17) is 4.74 Å². The number of benzene rings is 1. The van der Waals surface area contributed by atoms with Gasteiger partial charge in [0.2, 0.25) is 0 Å². The van der Waals surface area contributed by atoms with E-state index in [0.717, 1.165) is 12.8 Å². The van der Waals surface area contributed by atoms with Crippen molar-refractivity contribution >= 4 is 15.9 Å². The van der Waals surface area contributed by atoms with Gasteiger partial charge in [0, 0.05) is 12.1 Å². The lowest BCUT2D eigenvalue weighted by atomic mass is 10.3. The summed E-state index contributed by atoms with van der Waals surface area (Å²) in [7, 11) is 0. The van der Waals surface area contributed by atoms with E-state index in [9.17, 15) is 8.78 Å². The molecule has 0 bridgehead atoms. The lowest BCUT2D eigenvalue weighted by Crippen LogP contribution is -1.97. The van der Waals surface area contributed by atoms with Crippen LogP contribution in [0.5, 0.6) is 5.75 Å². The first-order chi connectivity index (χ1) is 6.16. The molecule has 0 atom stereocenters. The lowest BCUT2D eigenvalue weighted by molar-refractivity contribution is 0.299. The summed E-state index contributed by atoms with van der Waals surface area (Å²) < 4.78 is 31.0. The number of hydrogen-bond donors (Lipinski definition) is 0. The van der Waals surface area contributed by atoms with Crippen LogP contribution in [0, 0.1) is 11.6 Å². The highest BCUT2D eigenvalue weighted by Gasteiger charge is 2.24. The molecule has 1 saturated carbocycles. The molecule has 0 aliphatic heterocycles. The molecule has 13 heavy (non-hydrogen) atoms. The first-order valence-corrected chi connectivity index (χ1v) is 4.77. The van der Waals surface area contributed by atoms with Gasteiger partial charge in [-0.1, -0.05) is 0 Å². The maximum Gasteiger partial charge on any atom is 0.144 e. The van der Waals surface area contributed by atoms with E-state index in [1.54, 1.807) is 0 Å². The maximum absolute atomic E-state index is 12.9. The van der Waals surface area contributed by atoms with E-state index >= 15 is 0 Å². The number of halogens is 3. The second kappa shape index (κ2) is 3.25. The molecular formula is C9H7BrF2O. The molecule has 1 aromatic carbocycles. The van der Waals surface area contributed by atoms with Crippen LogP contribution in [0.3, 0.4) is 0 Å². The third-order valence-electron chi connectivity index (χ3n) is 1.78. The van der Waals surface area contributed by atoms with Crippen molar-refractivity contribution in [1.29, 1.82) is 0 Å². The summed E-state index contributed by atoms with van der Waals surface area (Å²) in [5.74, 6) is -0.994. The van der Waals surface area contributed by atoms with Crippen LogP contribution in [0.15, 0.2) is 16.6 Å². The fraction of sp³-hybridized carbons (Fsp3) is 0.333. The Bertz CT molecular complexity index is 313. The van der Waals surface area contributed by atoms with Crippen LogP contribution >= 0.6 is 15.9 Å². The lowest BCUT2D eigenvalue weighted by Gasteiger charge is -2.05. The van der Waals surface area contributed by atoms with Gasteiger partial charge in [0.05, 0.1) is 10.6 Å². The van der Waals surface area contributed by atoms with Gasteiger partial charge in [-0.25, -0.2) is 8.78 Å². The normalized spacial score (nSPS) is 15.9. The second-order valence-corrected chi connectivity index (χ2v) is 3.81. The van der Waals surface area contributed by atoms with Crippen LogP contribution in [0.2, 0.25) is 0 Å². The van der Waals surface area contributed by atoms with Crippen LogP contribution < -0.4 is 4.74 Å². The summed E-state index contributed by atoms with van der Waals surface area (Å²) in [6.07, 6.45) is 2.10. The molecule has 1 aliphatic rings. The van der Waals surface area contributed by atoms with Gasteiger partial charge in [-0.15, -0.1) is 0 Å². The Balaban J connectivity index is 2.25. The predicted molar refractivity (Wildman–Crippen MR) is 47.7 cm³/mol. The van der Waals surface area contributed by atoms with E-state index in [-0.39, 0.29) is 16.3 Å². The molecule has 0 heterocycles. The summed E-state index contributed by atoms with van der Waals surface area (Å²) >= 11 is 2.79. The molecule has 1 nitrogen and oxygen atoms in total. The molecule has 0 radical (unpaired) electrons. The molecule has 70 valence electrons. The number of ether oxygens (including phenoxy) is 1. The Morgan fingerprint density at radius 1 is 1.23 bits per heavy atom. The third kappa shape index (κ3) is 1.99. The van der Waals surface area contributed by atoms with Crippen molar-refractivity contribution in [3.05, 3.63) is 28.2 Å². The van der Waals surface area contributed by atoms with Gasteiger partial charge in [-0.2, -0.15) is 0 Å². The summed E-state index contributed by atoms with van der Waals surface area (Å²) in [4.78, 5) is 0. The summed E-state index contributed by atoms with van der Waals surface area (Å²) in [6, 6.07) is 2.37. The van der Waals surface area contributed by atoms with Crippen molar-refractivity contribution in [1.82, 2.24) is 0 Å². The Kier molecular flexibility index (Phi) is 2.24. The SMILES string of the molecule is Fc1cc(OC2CC2)cc(F)c1Br. The largest absolute Gasteiger partial charge is 0.490 e. The molecule has 0 aromatic heterocycles. The molecular weight excluding hydrogens is 242 g/mol.